The van der Waals surface area contributed by atoms with Gasteiger partial charge in [0.25, 0.3) is 0 Å². The molecule has 0 fully saturated rings. The molecule has 4 aromatic rings. The average Bonchev–Trinajstić information content (AvgIpc) is 3.34. The largest absolute Gasteiger partial charge is 0.134 e. The Labute approximate surface area is 203 Å². The van der Waals surface area contributed by atoms with Gasteiger partial charge in [-0.05, 0) is 61.1 Å². The standard InChI is InChI=1S/C30H40S2/c1-3-5-7-9-11-13-15-23-17-19-27-25(21-23)29-30(31-27)26-22-24(18-20-28(26)32-29)16-14-12-10-8-6-4-2/h17-22H,3-16H2,1-2H3. The first-order chi connectivity index (χ1) is 15.8. The Kier molecular flexibility index (Phi) is 9.05. The van der Waals surface area contributed by atoms with Crippen LogP contribution in [0.15, 0.2) is 36.4 Å². The Hall–Kier alpha value is -1.38. The fourth-order valence-electron chi connectivity index (χ4n) is 4.88. The molecule has 2 aromatic carbocycles. The number of benzene rings is 2. The van der Waals surface area contributed by atoms with Gasteiger partial charge in [-0.3, -0.25) is 0 Å². The van der Waals surface area contributed by atoms with Crippen molar-refractivity contribution in [2.45, 2.75) is 104 Å². The first-order valence-electron chi connectivity index (χ1n) is 13.2. The SMILES string of the molecule is CCCCCCCCc1ccc2sc3c4cc(CCCCCCCC)ccc4sc3c2c1. The van der Waals surface area contributed by atoms with Crippen molar-refractivity contribution in [2.24, 2.45) is 0 Å². The molecular weight excluding hydrogens is 424 g/mol. The van der Waals surface area contributed by atoms with Crippen LogP contribution in [0.3, 0.4) is 0 Å². The van der Waals surface area contributed by atoms with Crippen molar-refractivity contribution >= 4 is 52.2 Å². The number of hydrogen-bond acceptors (Lipinski definition) is 2. The van der Waals surface area contributed by atoms with Crippen LogP contribution in [0.2, 0.25) is 0 Å². The molecular formula is C30H40S2. The fourth-order valence-corrected chi connectivity index (χ4v) is 7.48. The molecule has 32 heavy (non-hydrogen) atoms. The van der Waals surface area contributed by atoms with Crippen LogP contribution in [0.4, 0.5) is 0 Å². The molecule has 0 unspecified atom stereocenters. The van der Waals surface area contributed by atoms with E-state index >= 15 is 0 Å². The zero-order valence-electron chi connectivity index (χ0n) is 20.2. The van der Waals surface area contributed by atoms with Gasteiger partial charge >= 0.3 is 0 Å². The lowest BCUT2D eigenvalue weighted by molar-refractivity contribution is 0.607. The summed E-state index contributed by atoms with van der Waals surface area (Å²) in [6, 6.07) is 14.5. The summed E-state index contributed by atoms with van der Waals surface area (Å²) in [5.74, 6) is 0. The Bertz CT molecular complexity index is 1020. The number of unbranched alkanes of at least 4 members (excludes halogenated alkanes) is 10. The minimum Gasteiger partial charge on any atom is -0.134 e. The maximum absolute atomic E-state index is 2.49. The molecule has 0 N–H and O–H groups in total. The van der Waals surface area contributed by atoms with E-state index < -0.39 is 0 Å². The highest BCUT2D eigenvalue weighted by Crippen LogP contribution is 2.44. The second kappa shape index (κ2) is 12.2. The van der Waals surface area contributed by atoms with Crippen molar-refractivity contribution in [1.82, 2.24) is 0 Å². The summed E-state index contributed by atoms with van der Waals surface area (Å²) < 4.78 is 5.95. The molecule has 172 valence electrons. The monoisotopic (exact) mass is 464 g/mol. The average molecular weight is 465 g/mol. The number of thiophene rings is 2. The molecule has 0 atom stereocenters. The first-order valence-corrected chi connectivity index (χ1v) is 14.8. The highest BCUT2D eigenvalue weighted by Gasteiger charge is 2.13. The van der Waals surface area contributed by atoms with E-state index in [-0.39, 0.29) is 0 Å². The van der Waals surface area contributed by atoms with Gasteiger partial charge in [0.05, 0.1) is 9.40 Å². The summed E-state index contributed by atoms with van der Waals surface area (Å²) in [7, 11) is 0. The van der Waals surface area contributed by atoms with Gasteiger partial charge in [0, 0.05) is 20.2 Å². The summed E-state index contributed by atoms with van der Waals surface area (Å²) in [6.07, 6.45) is 18.9. The van der Waals surface area contributed by atoms with Gasteiger partial charge in [-0.15, -0.1) is 22.7 Å². The summed E-state index contributed by atoms with van der Waals surface area (Å²) >= 11 is 4.00. The van der Waals surface area contributed by atoms with Gasteiger partial charge in [-0.25, -0.2) is 0 Å². The first kappa shape index (κ1) is 23.8. The Morgan fingerprint density at radius 3 is 1.34 bits per heavy atom. The van der Waals surface area contributed by atoms with Crippen molar-refractivity contribution in [3.8, 4) is 0 Å². The molecule has 2 heterocycles. The van der Waals surface area contributed by atoms with Crippen LogP contribution in [0.25, 0.3) is 29.6 Å². The van der Waals surface area contributed by atoms with Crippen LogP contribution in [0.5, 0.6) is 0 Å². The highest BCUT2D eigenvalue weighted by atomic mass is 32.1. The third-order valence-electron chi connectivity index (χ3n) is 6.85. The molecule has 2 heteroatoms. The molecule has 0 bridgehead atoms. The van der Waals surface area contributed by atoms with E-state index in [1.165, 1.54) is 131 Å². The van der Waals surface area contributed by atoms with Crippen molar-refractivity contribution < 1.29 is 0 Å². The summed E-state index contributed by atoms with van der Waals surface area (Å²) in [6.45, 7) is 4.59. The number of hydrogen-bond donors (Lipinski definition) is 0. The topological polar surface area (TPSA) is 0 Å². The van der Waals surface area contributed by atoms with Crippen LogP contribution in [0, 0.1) is 0 Å². The second-order valence-corrected chi connectivity index (χ2v) is 11.7. The number of aryl methyl sites for hydroxylation is 2. The number of fused-ring (bicyclic) bond motifs is 5. The van der Waals surface area contributed by atoms with Crippen LogP contribution in [-0.4, -0.2) is 0 Å². The van der Waals surface area contributed by atoms with Crippen molar-refractivity contribution in [3.05, 3.63) is 47.5 Å². The molecule has 0 radical (unpaired) electrons. The molecule has 0 saturated carbocycles. The minimum absolute atomic E-state index is 1.23. The summed E-state index contributed by atoms with van der Waals surface area (Å²) in [5.41, 5.74) is 3.04. The van der Waals surface area contributed by atoms with Crippen molar-refractivity contribution in [2.75, 3.05) is 0 Å². The van der Waals surface area contributed by atoms with E-state index in [0.29, 0.717) is 0 Å². The van der Waals surface area contributed by atoms with Gasteiger partial charge in [0.2, 0.25) is 0 Å². The van der Waals surface area contributed by atoms with Gasteiger partial charge < -0.3 is 0 Å². The van der Waals surface area contributed by atoms with E-state index in [0.717, 1.165) is 0 Å². The minimum atomic E-state index is 1.23. The molecule has 0 amide bonds. The highest BCUT2D eigenvalue weighted by molar-refractivity contribution is 7.36. The molecule has 0 spiro atoms. The molecule has 0 aliphatic rings. The lowest BCUT2D eigenvalue weighted by Crippen LogP contribution is -1.86. The van der Waals surface area contributed by atoms with Crippen LogP contribution < -0.4 is 0 Å². The molecule has 2 aromatic heterocycles. The molecule has 4 rings (SSSR count). The summed E-state index contributed by atoms with van der Waals surface area (Å²) in [4.78, 5) is 0. The zero-order chi connectivity index (χ0) is 22.2. The second-order valence-electron chi connectivity index (χ2n) is 9.56. The van der Waals surface area contributed by atoms with E-state index in [4.69, 9.17) is 0 Å². The Morgan fingerprint density at radius 1 is 0.500 bits per heavy atom. The fraction of sp³-hybridized carbons (Fsp3) is 0.533. The Balaban J connectivity index is 1.44. The van der Waals surface area contributed by atoms with Crippen LogP contribution in [0.1, 0.15) is 102 Å². The van der Waals surface area contributed by atoms with E-state index in [1.807, 2.05) is 22.7 Å². The quantitative estimate of drug-likeness (QED) is 0.163. The van der Waals surface area contributed by atoms with E-state index in [9.17, 15) is 0 Å². The van der Waals surface area contributed by atoms with Crippen LogP contribution >= 0.6 is 22.7 Å². The number of rotatable bonds is 14. The normalized spacial score (nSPS) is 11.9. The maximum atomic E-state index is 2.49. The molecule has 0 aliphatic carbocycles. The summed E-state index contributed by atoms with van der Waals surface area (Å²) in [5, 5.41) is 2.99. The molecule has 0 nitrogen and oxygen atoms in total. The molecule has 0 aliphatic heterocycles. The van der Waals surface area contributed by atoms with Gasteiger partial charge in [0.15, 0.2) is 0 Å². The van der Waals surface area contributed by atoms with E-state index in [1.54, 1.807) is 0 Å². The Morgan fingerprint density at radius 2 is 0.906 bits per heavy atom. The lowest BCUT2D eigenvalue weighted by atomic mass is 10.0. The zero-order valence-corrected chi connectivity index (χ0v) is 21.8. The van der Waals surface area contributed by atoms with E-state index in [2.05, 4.69) is 50.2 Å². The van der Waals surface area contributed by atoms with Crippen molar-refractivity contribution in [3.63, 3.8) is 0 Å². The predicted molar refractivity (Wildman–Crippen MR) is 149 cm³/mol. The van der Waals surface area contributed by atoms with Gasteiger partial charge in [-0.2, -0.15) is 0 Å². The van der Waals surface area contributed by atoms with Gasteiger partial charge in [-0.1, -0.05) is 90.2 Å². The molecule has 0 saturated heterocycles. The van der Waals surface area contributed by atoms with Gasteiger partial charge in [0.1, 0.15) is 0 Å². The third-order valence-corrected chi connectivity index (χ3v) is 9.38. The lowest BCUT2D eigenvalue weighted by Gasteiger charge is -2.03. The van der Waals surface area contributed by atoms with Crippen molar-refractivity contribution in [1.29, 1.82) is 0 Å². The third kappa shape index (κ3) is 5.94. The smallest absolute Gasteiger partial charge is 0.0542 e. The van der Waals surface area contributed by atoms with Crippen LogP contribution in [-0.2, 0) is 12.8 Å². The maximum Gasteiger partial charge on any atom is 0.0542 e. The predicted octanol–water partition coefficient (Wildman–Crippen LogP) is 11.1.